The van der Waals surface area contributed by atoms with Crippen LogP contribution in [0.15, 0.2) is 41.7 Å². The number of hydrogen-bond donors (Lipinski definition) is 0. The van der Waals surface area contributed by atoms with Crippen molar-refractivity contribution in [3.05, 3.63) is 36.5 Å². The third kappa shape index (κ3) is 4.59. The molecule has 1 saturated carbocycles. The SMILES string of the molecule is CCn1c(-c2ccccc2)cnc1SCC(=O)N(C1CCCC1)[C@@H]1CCS(=O)(=O)C1. The van der Waals surface area contributed by atoms with E-state index in [9.17, 15) is 13.2 Å². The van der Waals surface area contributed by atoms with Crippen molar-refractivity contribution in [2.75, 3.05) is 17.3 Å². The fourth-order valence-corrected chi connectivity index (χ4v) is 7.33. The molecular weight excluding hydrogens is 418 g/mol. The average Bonchev–Trinajstić information content (AvgIpc) is 3.47. The maximum absolute atomic E-state index is 13.3. The maximum Gasteiger partial charge on any atom is 0.233 e. The lowest BCUT2D eigenvalue weighted by Crippen LogP contribution is -2.47. The molecule has 1 aliphatic carbocycles. The van der Waals surface area contributed by atoms with Gasteiger partial charge in [0.2, 0.25) is 5.91 Å². The van der Waals surface area contributed by atoms with Crippen LogP contribution < -0.4 is 0 Å². The molecule has 0 bridgehead atoms. The molecule has 1 aliphatic heterocycles. The van der Waals surface area contributed by atoms with Gasteiger partial charge in [0.25, 0.3) is 0 Å². The first-order chi connectivity index (χ1) is 14.5. The average molecular weight is 448 g/mol. The van der Waals surface area contributed by atoms with E-state index in [1.165, 1.54) is 11.8 Å². The first kappa shape index (κ1) is 21.4. The molecule has 162 valence electrons. The van der Waals surface area contributed by atoms with Crippen molar-refractivity contribution >= 4 is 27.5 Å². The number of sulfone groups is 1. The summed E-state index contributed by atoms with van der Waals surface area (Å²) in [5, 5.41) is 0.829. The smallest absolute Gasteiger partial charge is 0.233 e. The highest BCUT2D eigenvalue weighted by Gasteiger charge is 2.38. The minimum absolute atomic E-state index is 0.0425. The van der Waals surface area contributed by atoms with Gasteiger partial charge in [-0.25, -0.2) is 13.4 Å². The quantitative estimate of drug-likeness (QED) is 0.606. The summed E-state index contributed by atoms with van der Waals surface area (Å²) in [7, 11) is -3.03. The molecule has 0 N–H and O–H groups in total. The van der Waals surface area contributed by atoms with Gasteiger partial charge in [0.1, 0.15) is 0 Å². The van der Waals surface area contributed by atoms with Crippen LogP contribution in [0, 0.1) is 0 Å². The Morgan fingerprint density at radius 3 is 2.53 bits per heavy atom. The van der Waals surface area contributed by atoms with Gasteiger partial charge in [0.15, 0.2) is 15.0 Å². The number of aromatic nitrogens is 2. The summed E-state index contributed by atoms with van der Waals surface area (Å²) in [6.45, 7) is 2.85. The molecule has 2 fully saturated rings. The predicted octanol–water partition coefficient (Wildman–Crippen LogP) is 3.62. The summed E-state index contributed by atoms with van der Waals surface area (Å²) >= 11 is 1.45. The maximum atomic E-state index is 13.3. The van der Waals surface area contributed by atoms with Gasteiger partial charge < -0.3 is 9.47 Å². The molecule has 1 amide bonds. The van der Waals surface area contributed by atoms with Crippen LogP contribution in [0.1, 0.15) is 39.0 Å². The topological polar surface area (TPSA) is 72.3 Å². The lowest BCUT2D eigenvalue weighted by atomic mass is 10.1. The number of nitrogens with zero attached hydrogens (tertiary/aromatic N) is 3. The minimum Gasteiger partial charge on any atom is -0.335 e. The van der Waals surface area contributed by atoms with Crippen molar-refractivity contribution in [2.24, 2.45) is 0 Å². The molecule has 8 heteroatoms. The van der Waals surface area contributed by atoms with Crippen LogP contribution >= 0.6 is 11.8 Å². The highest BCUT2D eigenvalue weighted by atomic mass is 32.2. The van der Waals surface area contributed by atoms with Crippen LogP contribution in [0.25, 0.3) is 11.3 Å². The van der Waals surface area contributed by atoms with Gasteiger partial charge in [-0.05, 0) is 31.7 Å². The Labute approximate surface area is 183 Å². The van der Waals surface area contributed by atoms with Gasteiger partial charge in [-0.3, -0.25) is 4.79 Å². The zero-order chi connectivity index (χ0) is 21.1. The number of hydrogen-bond acceptors (Lipinski definition) is 5. The van der Waals surface area contributed by atoms with Crippen LogP contribution in [0.5, 0.6) is 0 Å². The van der Waals surface area contributed by atoms with Crippen LogP contribution in [-0.2, 0) is 21.2 Å². The first-order valence-electron chi connectivity index (χ1n) is 10.7. The highest BCUT2D eigenvalue weighted by molar-refractivity contribution is 7.99. The van der Waals surface area contributed by atoms with Crippen LogP contribution in [0.2, 0.25) is 0 Å². The van der Waals surface area contributed by atoms with E-state index in [0.717, 1.165) is 48.6 Å². The van der Waals surface area contributed by atoms with Gasteiger partial charge in [-0.2, -0.15) is 0 Å². The van der Waals surface area contributed by atoms with E-state index in [4.69, 9.17) is 0 Å². The normalized spacial score (nSPS) is 21.2. The van der Waals surface area contributed by atoms with E-state index >= 15 is 0 Å². The summed E-state index contributed by atoms with van der Waals surface area (Å²) in [5.74, 6) is 0.642. The third-order valence-corrected chi connectivity index (χ3v) is 8.86. The largest absolute Gasteiger partial charge is 0.335 e. The van der Waals surface area contributed by atoms with Gasteiger partial charge in [0.05, 0.1) is 29.1 Å². The summed E-state index contributed by atoms with van der Waals surface area (Å²) in [5.41, 5.74) is 2.15. The van der Waals surface area contributed by atoms with Crippen LogP contribution in [-0.4, -0.2) is 58.1 Å². The number of carbonyl (C=O) groups is 1. The fraction of sp³-hybridized carbons (Fsp3) is 0.545. The molecule has 1 aromatic heterocycles. The Bertz CT molecular complexity index is 982. The second-order valence-electron chi connectivity index (χ2n) is 8.12. The summed E-state index contributed by atoms with van der Waals surface area (Å²) in [6, 6.07) is 10.1. The Hall–Kier alpha value is -1.80. The molecule has 1 saturated heterocycles. The molecule has 4 rings (SSSR count). The Balaban J connectivity index is 1.49. The number of thioether (sulfide) groups is 1. The van der Waals surface area contributed by atoms with Gasteiger partial charge in [-0.1, -0.05) is 54.9 Å². The number of benzene rings is 1. The van der Waals surface area contributed by atoms with Crippen molar-refractivity contribution in [1.82, 2.24) is 14.5 Å². The monoisotopic (exact) mass is 447 g/mol. The Kier molecular flexibility index (Phi) is 6.53. The van der Waals surface area contributed by atoms with E-state index in [1.54, 1.807) is 0 Å². The second-order valence-corrected chi connectivity index (χ2v) is 11.3. The van der Waals surface area contributed by atoms with E-state index in [-0.39, 0.29) is 35.2 Å². The molecule has 2 aromatic rings. The van der Waals surface area contributed by atoms with Crippen molar-refractivity contribution in [3.63, 3.8) is 0 Å². The number of rotatable bonds is 7. The molecular formula is C22H29N3O3S2. The van der Waals surface area contributed by atoms with E-state index in [0.29, 0.717) is 6.42 Å². The van der Waals surface area contributed by atoms with E-state index < -0.39 is 9.84 Å². The minimum atomic E-state index is -3.03. The highest BCUT2D eigenvalue weighted by Crippen LogP contribution is 2.31. The van der Waals surface area contributed by atoms with E-state index in [2.05, 4.69) is 28.6 Å². The number of imidazole rings is 1. The molecule has 2 aliphatic rings. The molecule has 30 heavy (non-hydrogen) atoms. The molecule has 0 unspecified atom stereocenters. The summed E-state index contributed by atoms with van der Waals surface area (Å²) in [6.07, 6.45) is 6.62. The van der Waals surface area contributed by atoms with Crippen molar-refractivity contribution < 1.29 is 13.2 Å². The van der Waals surface area contributed by atoms with E-state index in [1.807, 2.05) is 29.3 Å². The molecule has 0 spiro atoms. The van der Waals surface area contributed by atoms with Crippen LogP contribution in [0.3, 0.4) is 0 Å². The standard InChI is InChI=1S/C22H29N3O3S2/c1-2-24-20(17-8-4-3-5-9-17)14-23-22(24)29-15-21(26)25(18-10-6-7-11-18)19-12-13-30(27,28)16-19/h3-5,8-9,14,18-19H,2,6-7,10-13,15-16H2,1H3/t19-/m1/s1. The second kappa shape index (κ2) is 9.14. The molecule has 6 nitrogen and oxygen atoms in total. The molecule has 2 heterocycles. The van der Waals surface area contributed by atoms with Crippen LogP contribution in [0.4, 0.5) is 0 Å². The van der Waals surface area contributed by atoms with Gasteiger partial charge in [-0.15, -0.1) is 0 Å². The fourth-order valence-electron chi connectivity index (χ4n) is 4.70. The van der Waals surface area contributed by atoms with Gasteiger partial charge in [0, 0.05) is 18.6 Å². The Morgan fingerprint density at radius 1 is 1.17 bits per heavy atom. The van der Waals surface area contributed by atoms with Crippen molar-refractivity contribution in [3.8, 4) is 11.3 Å². The zero-order valence-electron chi connectivity index (χ0n) is 17.4. The molecule has 0 radical (unpaired) electrons. The number of carbonyl (C=O) groups excluding carboxylic acids is 1. The van der Waals surface area contributed by atoms with Gasteiger partial charge >= 0.3 is 0 Å². The lowest BCUT2D eigenvalue weighted by molar-refractivity contribution is -0.132. The Morgan fingerprint density at radius 2 is 1.90 bits per heavy atom. The first-order valence-corrected chi connectivity index (χ1v) is 13.5. The third-order valence-electron chi connectivity index (χ3n) is 6.14. The summed E-state index contributed by atoms with van der Waals surface area (Å²) < 4.78 is 26.2. The molecule has 1 atom stereocenters. The zero-order valence-corrected chi connectivity index (χ0v) is 19.0. The predicted molar refractivity (Wildman–Crippen MR) is 120 cm³/mol. The summed E-state index contributed by atoms with van der Waals surface area (Å²) in [4.78, 5) is 19.7. The molecule has 1 aromatic carbocycles. The van der Waals surface area contributed by atoms with Crippen molar-refractivity contribution in [1.29, 1.82) is 0 Å². The lowest BCUT2D eigenvalue weighted by Gasteiger charge is -2.34. The number of amides is 1. The van der Waals surface area contributed by atoms with Crippen molar-refractivity contribution in [2.45, 2.75) is 62.8 Å².